The molecule has 0 aromatic carbocycles. The standard InChI is InChI=1S/C14H31N3O2S/c1-4-5-14(12-15)17-8-6-16(7-9-17)10-11-20(18,19)13(2)3/h13-14H,4-12,15H2,1-3H3. The molecule has 120 valence electrons. The quantitative estimate of drug-likeness (QED) is 0.709. The summed E-state index contributed by atoms with van der Waals surface area (Å²) in [6, 6.07) is 0.488. The van der Waals surface area contributed by atoms with Crippen LogP contribution in [0.1, 0.15) is 33.6 Å². The van der Waals surface area contributed by atoms with Gasteiger partial charge in [0.15, 0.2) is 9.84 Å². The zero-order valence-electron chi connectivity index (χ0n) is 13.2. The van der Waals surface area contributed by atoms with E-state index >= 15 is 0 Å². The molecule has 5 nitrogen and oxygen atoms in total. The molecule has 0 bridgehead atoms. The molecule has 1 heterocycles. The van der Waals surface area contributed by atoms with Crippen LogP contribution in [0, 0.1) is 0 Å². The third kappa shape index (κ3) is 5.31. The Balaban J connectivity index is 2.35. The number of nitrogens with zero attached hydrogens (tertiary/aromatic N) is 2. The maximum Gasteiger partial charge on any atom is 0.153 e. The molecule has 0 spiro atoms. The summed E-state index contributed by atoms with van der Waals surface area (Å²) in [7, 11) is -2.92. The van der Waals surface area contributed by atoms with Gasteiger partial charge in [0.1, 0.15) is 0 Å². The highest BCUT2D eigenvalue weighted by molar-refractivity contribution is 7.92. The predicted molar refractivity (Wildman–Crippen MR) is 84.7 cm³/mol. The summed E-state index contributed by atoms with van der Waals surface area (Å²) in [5.74, 6) is 0.278. The van der Waals surface area contributed by atoms with E-state index in [2.05, 4.69) is 16.7 Å². The summed E-state index contributed by atoms with van der Waals surface area (Å²) in [6.45, 7) is 11.0. The molecule has 1 unspecified atom stereocenters. The van der Waals surface area contributed by atoms with Crippen LogP contribution in [0.5, 0.6) is 0 Å². The molecule has 0 aromatic heterocycles. The number of piperazine rings is 1. The molecule has 1 rings (SSSR count). The van der Waals surface area contributed by atoms with Crippen molar-refractivity contribution in [3.8, 4) is 0 Å². The zero-order valence-corrected chi connectivity index (χ0v) is 14.0. The lowest BCUT2D eigenvalue weighted by Crippen LogP contribution is -2.53. The number of hydrogen-bond donors (Lipinski definition) is 1. The van der Waals surface area contributed by atoms with Crippen LogP contribution in [-0.4, -0.2) is 74.5 Å². The van der Waals surface area contributed by atoms with Gasteiger partial charge in [-0.05, 0) is 20.3 Å². The molecule has 1 atom stereocenters. The lowest BCUT2D eigenvalue weighted by atomic mass is 10.1. The van der Waals surface area contributed by atoms with Crippen molar-refractivity contribution in [3.63, 3.8) is 0 Å². The van der Waals surface area contributed by atoms with Crippen LogP contribution in [0.2, 0.25) is 0 Å². The lowest BCUT2D eigenvalue weighted by Gasteiger charge is -2.39. The van der Waals surface area contributed by atoms with Crippen molar-refractivity contribution in [3.05, 3.63) is 0 Å². The second kappa shape index (κ2) is 8.32. The van der Waals surface area contributed by atoms with Crippen molar-refractivity contribution in [2.45, 2.75) is 44.9 Å². The van der Waals surface area contributed by atoms with Crippen molar-refractivity contribution in [1.82, 2.24) is 9.80 Å². The second-order valence-electron chi connectivity index (χ2n) is 5.97. The van der Waals surface area contributed by atoms with E-state index in [1.165, 1.54) is 0 Å². The van der Waals surface area contributed by atoms with Gasteiger partial charge in [0.05, 0.1) is 11.0 Å². The van der Waals surface area contributed by atoms with Gasteiger partial charge >= 0.3 is 0 Å². The summed E-state index contributed by atoms with van der Waals surface area (Å²) < 4.78 is 23.6. The van der Waals surface area contributed by atoms with E-state index < -0.39 is 9.84 Å². The monoisotopic (exact) mass is 305 g/mol. The Kier molecular flexibility index (Phi) is 7.43. The van der Waals surface area contributed by atoms with E-state index in [1.807, 2.05) is 0 Å². The van der Waals surface area contributed by atoms with Gasteiger partial charge in [0.2, 0.25) is 0 Å². The fourth-order valence-electron chi connectivity index (χ4n) is 2.63. The number of rotatable bonds is 8. The minimum absolute atomic E-state index is 0.269. The molecule has 1 saturated heterocycles. The average Bonchev–Trinajstić information content (AvgIpc) is 2.43. The van der Waals surface area contributed by atoms with Crippen LogP contribution < -0.4 is 5.73 Å². The predicted octanol–water partition coefficient (Wildman–Crippen LogP) is 0.555. The highest BCUT2D eigenvalue weighted by Gasteiger charge is 2.24. The Labute approximate surface area is 124 Å². The van der Waals surface area contributed by atoms with E-state index in [0.717, 1.165) is 45.6 Å². The third-order valence-corrected chi connectivity index (χ3v) is 6.42. The van der Waals surface area contributed by atoms with Crippen molar-refractivity contribution >= 4 is 9.84 Å². The zero-order chi connectivity index (χ0) is 15.2. The average molecular weight is 305 g/mol. The summed E-state index contributed by atoms with van der Waals surface area (Å²) in [5, 5.41) is -0.269. The fourth-order valence-corrected chi connectivity index (χ4v) is 3.61. The Morgan fingerprint density at radius 3 is 2.20 bits per heavy atom. The summed E-state index contributed by atoms with van der Waals surface area (Å²) >= 11 is 0. The molecule has 1 fully saturated rings. The summed E-state index contributed by atoms with van der Waals surface area (Å²) in [4.78, 5) is 4.72. The van der Waals surface area contributed by atoms with Crippen molar-refractivity contribution in [2.24, 2.45) is 5.73 Å². The smallest absolute Gasteiger partial charge is 0.153 e. The molecule has 0 radical (unpaired) electrons. The minimum atomic E-state index is -2.92. The van der Waals surface area contributed by atoms with Crippen LogP contribution >= 0.6 is 0 Å². The van der Waals surface area contributed by atoms with Gasteiger partial charge in [-0.25, -0.2) is 8.42 Å². The van der Waals surface area contributed by atoms with Gasteiger partial charge in [-0.15, -0.1) is 0 Å². The first-order valence-corrected chi connectivity index (χ1v) is 9.50. The maximum atomic E-state index is 11.8. The van der Waals surface area contributed by atoms with Crippen LogP contribution in [0.4, 0.5) is 0 Å². The van der Waals surface area contributed by atoms with Gasteiger partial charge < -0.3 is 5.73 Å². The van der Waals surface area contributed by atoms with E-state index in [9.17, 15) is 8.42 Å². The Bertz CT molecular complexity index is 363. The largest absolute Gasteiger partial charge is 0.329 e. The van der Waals surface area contributed by atoms with Gasteiger partial charge in [-0.1, -0.05) is 13.3 Å². The van der Waals surface area contributed by atoms with Crippen molar-refractivity contribution < 1.29 is 8.42 Å². The molecular formula is C14H31N3O2S. The number of sulfone groups is 1. The Hall–Kier alpha value is -0.170. The summed E-state index contributed by atoms with van der Waals surface area (Å²) in [6.07, 6.45) is 2.31. The molecule has 1 aliphatic heterocycles. The molecule has 1 aliphatic rings. The lowest BCUT2D eigenvalue weighted by molar-refractivity contribution is 0.0982. The van der Waals surface area contributed by atoms with E-state index in [0.29, 0.717) is 12.6 Å². The van der Waals surface area contributed by atoms with E-state index in [-0.39, 0.29) is 11.0 Å². The molecule has 0 amide bonds. The first kappa shape index (κ1) is 17.9. The van der Waals surface area contributed by atoms with Crippen molar-refractivity contribution in [1.29, 1.82) is 0 Å². The van der Waals surface area contributed by atoms with Crippen LogP contribution in [0.3, 0.4) is 0 Å². The fraction of sp³-hybridized carbons (Fsp3) is 1.00. The van der Waals surface area contributed by atoms with E-state index in [1.54, 1.807) is 13.8 Å². The Morgan fingerprint density at radius 2 is 1.75 bits per heavy atom. The molecule has 20 heavy (non-hydrogen) atoms. The third-order valence-electron chi connectivity index (χ3n) is 4.23. The molecule has 0 aromatic rings. The van der Waals surface area contributed by atoms with Crippen molar-refractivity contribution in [2.75, 3.05) is 45.0 Å². The maximum absolute atomic E-state index is 11.8. The first-order chi connectivity index (χ1) is 9.40. The topological polar surface area (TPSA) is 66.6 Å². The normalized spacial score (nSPS) is 20.4. The second-order valence-corrected chi connectivity index (χ2v) is 8.65. The minimum Gasteiger partial charge on any atom is -0.329 e. The first-order valence-electron chi connectivity index (χ1n) is 7.78. The SMILES string of the molecule is CCCC(CN)N1CCN(CCS(=O)(=O)C(C)C)CC1. The molecule has 2 N–H and O–H groups in total. The molecule has 0 aliphatic carbocycles. The molecule has 6 heteroatoms. The van der Waals surface area contributed by atoms with Crippen LogP contribution in [-0.2, 0) is 9.84 Å². The highest BCUT2D eigenvalue weighted by Crippen LogP contribution is 2.11. The van der Waals surface area contributed by atoms with Gasteiger partial charge in [-0.3, -0.25) is 9.80 Å². The molecular weight excluding hydrogens is 274 g/mol. The van der Waals surface area contributed by atoms with Gasteiger partial charge in [0.25, 0.3) is 0 Å². The number of hydrogen-bond acceptors (Lipinski definition) is 5. The van der Waals surface area contributed by atoms with Gasteiger partial charge in [0, 0.05) is 45.3 Å². The van der Waals surface area contributed by atoms with Gasteiger partial charge in [-0.2, -0.15) is 0 Å². The summed E-state index contributed by atoms with van der Waals surface area (Å²) in [5.41, 5.74) is 5.84. The van der Waals surface area contributed by atoms with Crippen LogP contribution in [0.15, 0.2) is 0 Å². The van der Waals surface area contributed by atoms with Crippen LogP contribution in [0.25, 0.3) is 0 Å². The highest BCUT2D eigenvalue weighted by atomic mass is 32.2. The Morgan fingerprint density at radius 1 is 1.15 bits per heavy atom. The molecule has 0 saturated carbocycles. The number of nitrogens with two attached hydrogens (primary N) is 1. The van der Waals surface area contributed by atoms with E-state index in [4.69, 9.17) is 5.73 Å².